The van der Waals surface area contributed by atoms with E-state index < -0.39 is 0 Å². The Balaban J connectivity index is 1.39. The minimum Gasteiger partial charge on any atom is -0.361 e. The molecule has 140 valence electrons. The number of benzene rings is 2. The number of para-hydroxylation sites is 1. The van der Waals surface area contributed by atoms with Crippen LogP contribution in [0.15, 0.2) is 65.8 Å². The predicted molar refractivity (Wildman–Crippen MR) is 110 cm³/mol. The number of hydrogen-bond donors (Lipinski definition) is 4. The van der Waals surface area contributed by atoms with Crippen LogP contribution >= 0.6 is 0 Å². The van der Waals surface area contributed by atoms with Crippen molar-refractivity contribution in [1.82, 2.24) is 20.9 Å². The second-order valence-electron chi connectivity index (χ2n) is 6.22. The van der Waals surface area contributed by atoms with Crippen LogP contribution in [0.5, 0.6) is 0 Å². The van der Waals surface area contributed by atoms with Crippen LogP contribution in [0.1, 0.15) is 11.1 Å². The van der Waals surface area contributed by atoms with E-state index in [-0.39, 0.29) is 12.5 Å². The van der Waals surface area contributed by atoms with Gasteiger partial charge in [0.05, 0.1) is 6.54 Å². The number of carbonyl (C=O) groups excluding carboxylic acids is 1. The average Bonchev–Trinajstić information content (AvgIpc) is 3.13. The first-order chi connectivity index (χ1) is 13.3. The monoisotopic (exact) mass is 363 g/mol. The molecule has 6 nitrogen and oxygen atoms in total. The Labute approximate surface area is 159 Å². The van der Waals surface area contributed by atoms with Gasteiger partial charge in [0.2, 0.25) is 5.91 Å². The molecule has 0 aliphatic carbocycles. The lowest BCUT2D eigenvalue weighted by molar-refractivity contribution is -0.120. The Morgan fingerprint density at radius 2 is 1.78 bits per heavy atom. The topological polar surface area (TPSA) is 81.3 Å². The van der Waals surface area contributed by atoms with Gasteiger partial charge < -0.3 is 20.9 Å². The summed E-state index contributed by atoms with van der Waals surface area (Å²) in [7, 11) is 1.70. The fourth-order valence-corrected chi connectivity index (χ4v) is 2.90. The fourth-order valence-electron chi connectivity index (χ4n) is 2.90. The summed E-state index contributed by atoms with van der Waals surface area (Å²) in [6.07, 6.45) is 2.91. The summed E-state index contributed by atoms with van der Waals surface area (Å²) in [6.45, 7) is 1.43. The van der Waals surface area contributed by atoms with Crippen LogP contribution in [-0.2, 0) is 17.8 Å². The zero-order chi connectivity index (χ0) is 18.9. The first-order valence-corrected chi connectivity index (χ1v) is 9.06. The summed E-state index contributed by atoms with van der Waals surface area (Å²) in [5.41, 5.74) is 3.48. The Hall–Kier alpha value is -3.28. The third-order valence-corrected chi connectivity index (χ3v) is 4.33. The molecule has 0 atom stereocenters. The first kappa shape index (κ1) is 18.5. The summed E-state index contributed by atoms with van der Waals surface area (Å²) in [6, 6.07) is 18.1. The van der Waals surface area contributed by atoms with Crippen LogP contribution in [0.4, 0.5) is 0 Å². The van der Waals surface area contributed by atoms with E-state index in [0.717, 1.165) is 24.0 Å². The van der Waals surface area contributed by atoms with Crippen molar-refractivity contribution in [2.45, 2.75) is 13.0 Å². The van der Waals surface area contributed by atoms with E-state index >= 15 is 0 Å². The summed E-state index contributed by atoms with van der Waals surface area (Å²) in [5, 5.41) is 10.4. The standard InChI is InChI=1S/C21H25N5O/c1-22-21(26-15-20(27)25-13-16-7-3-2-4-8-16)23-12-11-17-14-24-19-10-6-5-9-18(17)19/h2-10,14,24H,11-13,15H2,1H3,(H,25,27)(H2,22,23,26). The van der Waals surface area contributed by atoms with Crippen molar-refractivity contribution in [3.63, 3.8) is 0 Å². The Morgan fingerprint density at radius 3 is 2.59 bits per heavy atom. The van der Waals surface area contributed by atoms with Crippen LogP contribution in [-0.4, -0.2) is 37.0 Å². The van der Waals surface area contributed by atoms with E-state index in [1.165, 1.54) is 10.9 Å². The van der Waals surface area contributed by atoms with Gasteiger partial charge in [-0.05, 0) is 23.6 Å². The van der Waals surface area contributed by atoms with Crippen LogP contribution in [0.3, 0.4) is 0 Å². The molecule has 0 saturated carbocycles. The van der Waals surface area contributed by atoms with Crippen molar-refractivity contribution in [3.8, 4) is 0 Å². The molecular weight excluding hydrogens is 338 g/mol. The summed E-state index contributed by atoms with van der Waals surface area (Å²) in [4.78, 5) is 19.4. The SMILES string of the molecule is CN=C(NCCc1c[nH]c2ccccc12)NCC(=O)NCc1ccccc1. The molecule has 0 saturated heterocycles. The lowest BCUT2D eigenvalue weighted by Crippen LogP contribution is -2.43. The van der Waals surface area contributed by atoms with Crippen LogP contribution in [0.2, 0.25) is 0 Å². The minimum absolute atomic E-state index is 0.0709. The van der Waals surface area contributed by atoms with Crippen molar-refractivity contribution >= 4 is 22.8 Å². The number of nitrogens with one attached hydrogen (secondary N) is 4. The highest BCUT2D eigenvalue weighted by Gasteiger charge is 2.05. The number of aromatic nitrogens is 1. The first-order valence-electron chi connectivity index (χ1n) is 9.06. The van der Waals surface area contributed by atoms with Crippen LogP contribution < -0.4 is 16.0 Å². The van der Waals surface area contributed by atoms with Crippen molar-refractivity contribution in [2.24, 2.45) is 4.99 Å². The maximum Gasteiger partial charge on any atom is 0.239 e. The number of hydrogen-bond acceptors (Lipinski definition) is 2. The number of H-pyrrole nitrogens is 1. The Bertz CT molecular complexity index is 901. The zero-order valence-electron chi connectivity index (χ0n) is 15.5. The molecule has 3 rings (SSSR count). The summed E-state index contributed by atoms with van der Waals surface area (Å²) < 4.78 is 0. The van der Waals surface area contributed by atoms with Gasteiger partial charge >= 0.3 is 0 Å². The fraction of sp³-hybridized carbons (Fsp3) is 0.238. The number of rotatable bonds is 7. The third kappa shape index (κ3) is 5.34. The van der Waals surface area contributed by atoms with E-state index in [1.54, 1.807) is 7.05 Å². The number of amides is 1. The highest BCUT2D eigenvalue weighted by molar-refractivity contribution is 5.86. The number of nitrogens with zero attached hydrogens (tertiary/aromatic N) is 1. The van der Waals surface area contributed by atoms with E-state index in [9.17, 15) is 4.79 Å². The van der Waals surface area contributed by atoms with Gasteiger partial charge in [0.15, 0.2) is 5.96 Å². The average molecular weight is 363 g/mol. The van der Waals surface area contributed by atoms with Gasteiger partial charge in [0, 0.05) is 37.2 Å². The van der Waals surface area contributed by atoms with Crippen molar-refractivity contribution < 1.29 is 4.79 Å². The van der Waals surface area contributed by atoms with E-state index in [4.69, 9.17) is 0 Å². The molecule has 0 aliphatic heterocycles. The molecule has 27 heavy (non-hydrogen) atoms. The second kappa shape index (κ2) is 9.43. The molecule has 1 amide bonds. The van der Waals surface area contributed by atoms with E-state index in [2.05, 4.69) is 38.1 Å². The van der Waals surface area contributed by atoms with Crippen molar-refractivity contribution in [3.05, 3.63) is 71.9 Å². The zero-order valence-corrected chi connectivity index (χ0v) is 15.5. The molecule has 0 fully saturated rings. The molecule has 1 heterocycles. The molecule has 0 unspecified atom stereocenters. The maximum atomic E-state index is 12.0. The molecule has 0 radical (unpaired) electrons. The van der Waals surface area contributed by atoms with Gasteiger partial charge in [0.25, 0.3) is 0 Å². The minimum atomic E-state index is -0.0709. The van der Waals surface area contributed by atoms with Crippen LogP contribution in [0.25, 0.3) is 10.9 Å². The van der Waals surface area contributed by atoms with Gasteiger partial charge in [-0.25, -0.2) is 0 Å². The van der Waals surface area contributed by atoms with Crippen LogP contribution in [0, 0.1) is 0 Å². The maximum absolute atomic E-state index is 12.0. The number of aliphatic imine (C=N–C) groups is 1. The number of carbonyl (C=O) groups is 1. The predicted octanol–water partition coefficient (Wildman–Crippen LogP) is 2.19. The molecule has 1 aromatic heterocycles. The van der Waals surface area contributed by atoms with Gasteiger partial charge in [-0.2, -0.15) is 0 Å². The highest BCUT2D eigenvalue weighted by Crippen LogP contribution is 2.17. The molecule has 0 bridgehead atoms. The molecule has 4 N–H and O–H groups in total. The largest absolute Gasteiger partial charge is 0.361 e. The molecule has 2 aromatic carbocycles. The number of aromatic amines is 1. The molecule has 6 heteroatoms. The Morgan fingerprint density at radius 1 is 1.00 bits per heavy atom. The van der Waals surface area contributed by atoms with Crippen molar-refractivity contribution in [2.75, 3.05) is 20.1 Å². The second-order valence-corrected chi connectivity index (χ2v) is 6.22. The molecule has 0 spiro atoms. The smallest absolute Gasteiger partial charge is 0.239 e. The Kier molecular flexibility index (Phi) is 6.46. The number of guanidine groups is 1. The normalized spacial score (nSPS) is 11.4. The summed E-state index contributed by atoms with van der Waals surface area (Å²) >= 11 is 0. The van der Waals surface area contributed by atoms with Gasteiger partial charge in [-0.3, -0.25) is 9.79 Å². The van der Waals surface area contributed by atoms with Gasteiger partial charge in [-0.15, -0.1) is 0 Å². The van der Waals surface area contributed by atoms with E-state index in [0.29, 0.717) is 12.5 Å². The lowest BCUT2D eigenvalue weighted by atomic mass is 10.1. The number of fused-ring (bicyclic) bond motifs is 1. The lowest BCUT2D eigenvalue weighted by Gasteiger charge is -2.12. The highest BCUT2D eigenvalue weighted by atomic mass is 16.1. The third-order valence-electron chi connectivity index (χ3n) is 4.33. The quantitative estimate of drug-likeness (QED) is 0.384. The van der Waals surface area contributed by atoms with E-state index in [1.807, 2.05) is 48.7 Å². The van der Waals surface area contributed by atoms with Crippen molar-refractivity contribution in [1.29, 1.82) is 0 Å². The summed E-state index contributed by atoms with van der Waals surface area (Å²) in [5.74, 6) is 0.545. The molecule has 0 aliphatic rings. The molecule has 3 aromatic rings. The van der Waals surface area contributed by atoms with Gasteiger partial charge in [0.1, 0.15) is 0 Å². The molecular formula is C21H25N5O. The van der Waals surface area contributed by atoms with Gasteiger partial charge in [-0.1, -0.05) is 48.5 Å².